The van der Waals surface area contributed by atoms with Crippen molar-refractivity contribution in [1.82, 2.24) is 0 Å². The summed E-state index contributed by atoms with van der Waals surface area (Å²) in [5, 5.41) is 0. The molecule has 0 unspecified atom stereocenters. The van der Waals surface area contributed by atoms with Crippen LogP contribution in [0.15, 0.2) is 18.2 Å². The van der Waals surface area contributed by atoms with Gasteiger partial charge in [-0.05, 0) is 12.3 Å². The zero-order valence-corrected chi connectivity index (χ0v) is 11.8. The second-order valence-corrected chi connectivity index (χ2v) is 4.48. The maximum atomic E-state index is 5.38. The third kappa shape index (κ3) is 3.69. The van der Waals surface area contributed by atoms with Crippen molar-refractivity contribution in [2.75, 3.05) is 21.3 Å². The number of ether oxygens (including phenoxy) is 3. The third-order valence-corrected chi connectivity index (χ3v) is 2.65. The molecule has 3 heteroatoms. The lowest BCUT2D eigenvalue weighted by molar-refractivity contribution is 0.374. The Labute approximate surface area is 109 Å². The topological polar surface area (TPSA) is 27.7 Å². The predicted molar refractivity (Wildman–Crippen MR) is 74.6 cm³/mol. The molecule has 1 aromatic carbocycles. The van der Waals surface area contributed by atoms with Gasteiger partial charge in [0.2, 0.25) is 0 Å². The van der Waals surface area contributed by atoms with Gasteiger partial charge in [0.15, 0.2) is 0 Å². The first-order valence-corrected chi connectivity index (χ1v) is 6.09. The van der Waals surface area contributed by atoms with E-state index >= 15 is 0 Å². The lowest BCUT2D eigenvalue weighted by Crippen LogP contribution is -1.95. The summed E-state index contributed by atoms with van der Waals surface area (Å²) in [6.45, 7) is 4.37. The molecule has 0 spiro atoms. The van der Waals surface area contributed by atoms with Gasteiger partial charge in [-0.3, -0.25) is 0 Å². The molecule has 0 aromatic heterocycles. The van der Waals surface area contributed by atoms with Gasteiger partial charge in [-0.15, -0.1) is 0 Å². The summed E-state index contributed by atoms with van der Waals surface area (Å²) >= 11 is 0. The molecule has 0 saturated carbocycles. The van der Waals surface area contributed by atoms with Gasteiger partial charge >= 0.3 is 0 Å². The van der Waals surface area contributed by atoms with Gasteiger partial charge in [-0.25, -0.2) is 0 Å². The number of hydrogen-bond donors (Lipinski definition) is 0. The van der Waals surface area contributed by atoms with Crippen molar-refractivity contribution in [3.8, 4) is 17.2 Å². The van der Waals surface area contributed by atoms with Gasteiger partial charge in [0.1, 0.15) is 17.2 Å². The van der Waals surface area contributed by atoms with E-state index in [0.717, 1.165) is 29.2 Å². The number of methoxy groups -OCH3 is 3. The van der Waals surface area contributed by atoms with Crippen molar-refractivity contribution in [3.05, 3.63) is 23.8 Å². The molecular weight excluding hydrogens is 228 g/mol. The van der Waals surface area contributed by atoms with Crippen molar-refractivity contribution >= 4 is 6.08 Å². The molecule has 0 radical (unpaired) electrons. The molecule has 18 heavy (non-hydrogen) atoms. The van der Waals surface area contributed by atoms with Crippen molar-refractivity contribution in [2.24, 2.45) is 5.92 Å². The molecule has 3 nitrogen and oxygen atoms in total. The normalized spacial score (nSPS) is 11.0. The number of allylic oxidation sites excluding steroid dienone is 1. The molecule has 1 aromatic rings. The fourth-order valence-corrected chi connectivity index (χ4v) is 1.65. The summed E-state index contributed by atoms with van der Waals surface area (Å²) in [6.07, 6.45) is 5.20. The number of rotatable bonds is 6. The monoisotopic (exact) mass is 250 g/mol. The van der Waals surface area contributed by atoms with Crippen LogP contribution in [-0.2, 0) is 0 Å². The quantitative estimate of drug-likeness (QED) is 0.769. The highest BCUT2D eigenvalue weighted by Gasteiger charge is 2.10. The van der Waals surface area contributed by atoms with Crippen LogP contribution < -0.4 is 14.2 Å². The predicted octanol–water partition coefficient (Wildman–Crippen LogP) is 3.77. The molecule has 1 rings (SSSR count). The van der Waals surface area contributed by atoms with E-state index < -0.39 is 0 Å². The van der Waals surface area contributed by atoms with E-state index in [-0.39, 0.29) is 0 Å². The maximum Gasteiger partial charge on any atom is 0.133 e. The van der Waals surface area contributed by atoms with Crippen LogP contribution in [0.3, 0.4) is 0 Å². The molecular formula is C15H22O3. The minimum atomic E-state index is 0.636. The Morgan fingerprint density at radius 1 is 1.00 bits per heavy atom. The summed E-state index contributed by atoms with van der Waals surface area (Å²) in [5.74, 6) is 2.87. The minimum Gasteiger partial charge on any atom is -0.496 e. The van der Waals surface area contributed by atoms with Gasteiger partial charge in [0.05, 0.1) is 26.9 Å². The smallest absolute Gasteiger partial charge is 0.133 e. The van der Waals surface area contributed by atoms with Crippen molar-refractivity contribution in [2.45, 2.75) is 20.3 Å². The van der Waals surface area contributed by atoms with E-state index in [2.05, 4.69) is 19.9 Å². The van der Waals surface area contributed by atoms with Gasteiger partial charge in [-0.1, -0.05) is 26.0 Å². The molecule has 0 saturated heterocycles. The second-order valence-electron chi connectivity index (χ2n) is 4.48. The van der Waals surface area contributed by atoms with Crippen LogP contribution in [0.25, 0.3) is 6.08 Å². The fraction of sp³-hybridized carbons (Fsp3) is 0.467. The number of hydrogen-bond acceptors (Lipinski definition) is 3. The minimum absolute atomic E-state index is 0.636. The molecule has 0 bridgehead atoms. The number of benzene rings is 1. The Morgan fingerprint density at radius 2 is 1.56 bits per heavy atom. The Bertz CT molecular complexity index is 383. The fourth-order valence-electron chi connectivity index (χ4n) is 1.65. The zero-order chi connectivity index (χ0) is 13.5. The summed E-state index contributed by atoms with van der Waals surface area (Å²) in [7, 11) is 4.92. The molecule has 0 fully saturated rings. The summed E-state index contributed by atoms with van der Waals surface area (Å²) < 4.78 is 16.0. The molecule has 0 atom stereocenters. The largest absolute Gasteiger partial charge is 0.496 e. The van der Waals surface area contributed by atoms with Crippen LogP contribution in [0.5, 0.6) is 17.2 Å². The second kappa shape index (κ2) is 6.94. The zero-order valence-electron chi connectivity index (χ0n) is 11.8. The molecule has 0 aliphatic carbocycles. The lowest BCUT2D eigenvalue weighted by Gasteiger charge is -2.12. The summed E-state index contributed by atoms with van der Waals surface area (Å²) in [4.78, 5) is 0. The Balaban J connectivity index is 3.10. The first-order valence-electron chi connectivity index (χ1n) is 6.09. The standard InChI is InChI=1S/C15H22O3/c1-11(2)7-6-8-13-14(17-4)9-12(16-3)10-15(13)18-5/h6,8-11H,7H2,1-5H3/b8-6+. The van der Waals surface area contributed by atoms with E-state index in [0.29, 0.717) is 5.92 Å². The average Bonchev–Trinajstić information content (AvgIpc) is 2.37. The van der Waals surface area contributed by atoms with E-state index in [9.17, 15) is 0 Å². The Morgan fingerprint density at radius 3 is 1.94 bits per heavy atom. The molecule has 0 heterocycles. The lowest BCUT2D eigenvalue weighted by atomic mass is 10.1. The van der Waals surface area contributed by atoms with Crippen molar-refractivity contribution in [3.63, 3.8) is 0 Å². The molecule has 100 valence electrons. The summed E-state index contributed by atoms with van der Waals surface area (Å²) in [5.41, 5.74) is 0.946. The van der Waals surface area contributed by atoms with Crippen molar-refractivity contribution in [1.29, 1.82) is 0 Å². The van der Waals surface area contributed by atoms with E-state index in [4.69, 9.17) is 14.2 Å². The molecule has 0 aliphatic rings. The van der Waals surface area contributed by atoms with Crippen LogP contribution in [0.2, 0.25) is 0 Å². The van der Waals surface area contributed by atoms with Crippen LogP contribution in [-0.4, -0.2) is 21.3 Å². The summed E-state index contributed by atoms with van der Waals surface area (Å²) in [6, 6.07) is 3.72. The molecule has 0 amide bonds. The first-order chi connectivity index (χ1) is 8.62. The highest BCUT2D eigenvalue weighted by atomic mass is 16.5. The Hall–Kier alpha value is -1.64. The van der Waals surface area contributed by atoms with Gasteiger partial charge < -0.3 is 14.2 Å². The van der Waals surface area contributed by atoms with Crippen LogP contribution in [0, 0.1) is 5.92 Å². The van der Waals surface area contributed by atoms with Gasteiger partial charge in [0.25, 0.3) is 0 Å². The van der Waals surface area contributed by atoms with Crippen molar-refractivity contribution < 1.29 is 14.2 Å². The first kappa shape index (κ1) is 14.4. The van der Waals surface area contributed by atoms with E-state index in [1.54, 1.807) is 21.3 Å². The average molecular weight is 250 g/mol. The molecule has 0 aliphatic heterocycles. The highest BCUT2D eigenvalue weighted by molar-refractivity contribution is 5.66. The third-order valence-electron chi connectivity index (χ3n) is 2.65. The van der Waals surface area contributed by atoms with Crippen LogP contribution >= 0.6 is 0 Å². The maximum absolute atomic E-state index is 5.38. The van der Waals surface area contributed by atoms with Gasteiger partial charge in [-0.2, -0.15) is 0 Å². The Kier molecular flexibility index (Phi) is 5.56. The van der Waals surface area contributed by atoms with E-state index in [1.165, 1.54) is 0 Å². The van der Waals surface area contributed by atoms with E-state index in [1.807, 2.05) is 18.2 Å². The van der Waals surface area contributed by atoms with Crippen LogP contribution in [0.4, 0.5) is 0 Å². The molecule has 0 N–H and O–H groups in total. The highest BCUT2D eigenvalue weighted by Crippen LogP contribution is 2.35. The van der Waals surface area contributed by atoms with Gasteiger partial charge in [0, 0.05) is 12.1 Å². The SMILES string of the molecule is COc1cc(OC)c(/C=C/CC(C)C)c(OC)c1. The van der Waals surface area contributed by atoms with Crippen LogP contribution in [0.1, 0.15) is 25.8 Å².